The third-order valence-electron chi connectivity index (χ3n) is 4.67. The second kappa shape index (κ2) is 7.41. The zero-order valence-corrected chi connectivity index (χ0v) is 13.7. The van der Waals surface area contributed by atoms with Crippen LogP contribution in [0.3, 0.4) is 0 Å². The molecule has 1 fully saturated rings. The summed E-state index contributed by atoms with van der Waals surface area (Å²) in [5.41, 5.74) is -0.380. The molecule has 0 aliphatic heterocycles. The van der Waals surface area contributed by atoms with Gasteiger partial charge in [0.1, 0.15) is 5.82 Å². The van der Waals surface area contributed by atoms with Gasteiger partial charge in [0.15, 0.2) is 0 Å². The minimum Gasteiger partial charge on any atom is -0.390 e. The van der Waals surface area contributed by atoms with Gasteiger partial charge in [0.2, 0.25) is 0 Å². The number of ether oxygens (including phenoxy) is 1. The molecule has 1 saturated carbocycles. The van der Waals surface area contributed by atoms with Gasteiger partial charge in [-0.15, -0.1) is 0 Å². The van der Waals surface area contributed by atoms with E-state index in [1.54, 1.807) is 0 Å². The van der Waals surface area contributed by atoms with Crippen molar-refractivity contribution in [3.05, 3.63) is 18.2 Å². The first-order valence-corrected chi connectivity index (χ1v) is 8.43. The van der Waals surface area contributed by atoms with Gasteiger partial charge in [-0.2, -0.15) is 0 Å². The summed E-state index contributed by atoms with van der Waals surface area (Å²) >= 11 is 0. The number of aliphatic hydroxyl groups excluding tert-OH is 1. The summed E-state index contributed by atoms with van der Waals surface area (Å²) in [6, 6.07) is 0. The summed E-state index contributed by atoms with van der Waals surface area (Å²) in [6.07, 6.45) is 9.31. The first-order chi connectivity index (χ1) is 10.1. The van der Waals surface area contributed by atoms with E-state index in [4.69, 9.17) is 4.74 Å². The predicted molar refractivity (Wildman–Crippen MR) is 84.2 cm³/mol. The van der Waals surface area contributed by atoms with Gasteiger partial charge in [-0.3, -0.25) is 0 Å². The fourth-order valence-electron chi connectivity index (χ4n) is 3.69. The molecule has 4 nitrogen and oxygen atoms in total. The minimum absolute atomic E-state index is 0.380. The van der Waals surface area contributed by atoms with E-state index in [-0.39, 0.29) is 5.60 Å². The SMILES string of the molecule is CCCn1ccnc1CC(O)C1(OCC)CCCC(C)C1. The van der Waals surface area contributed by atoms with Crippen LogP contribution in [0.5, 0.6) is 0 Å². The number of aryl methyl sites for hydroxylation is 1. The second-order valence-corrected chi connectivity index (χ2v) is 6.46. The zero-order chi connectivity index (χ0) is 15.3. The van der Waals surface area contributed by atoms with Gasteiger partial charge in [0, 0.05) is 32.0 Å². The molecule has 0 aromatic carbocycles. The van der Waals surface area contributed by atoms with Crippen LogP contribution in [0.25, 0.3) is 0 Å². The van der Waals surface area contributed by atoms with E-state index in [9.17, 15) is 5.11 Å². The van der Waals surface area contributed by atoms with E-state index in [1.165, 1.54) is 6.42 Å². The van der Waals surface area contributed by atoms with Crippen LogP contribution >= 0.6 is 0 Å². The summed E-state index contributed by atoms with van der Waals surface area (Å²) in [4.78, 5) is 4.43. The molecule has 3 atom stereocenters. The normalized spacial score (nSPS) is 27.7. The van der Waals surface area contributed by atoms with Gasteiger partial charge in [0.05, 0.1) is 11.7 Å². The number of hydrogen-bond acceptors (Lipinski definition) is 3. The van der Waals surface area contributed by atoms with Crippen molar-refractivity contribution in [2.45, 2.75) is 77.5 Å². The topological polar surface area (TPSA) is 47.3 Å². The number of rotatable bonds is 7. The van der Waals surface area contributed by atoms with E-state index >= 15 is 0 Å². The smallest absolute Gasteiger partial charge is 0.111 e. The Balaban J connectivity index is 2.11. The molecule has 0 bridgehead atoms. The Morgan fingerprint density at radius 2 is 2.33 bits per heavy atom. The Labute approximate surface area is 128 Å². The van der Waals surface area contributed by atoms with Crippen molar-refractivity contribution in [2.75, 3.05) is 6.61 Å². The fraction of sp³-hybridized carbons (Fsp3) is 0.824. The van der Waals surface area contributed by atoms with Crippen molar-refractivity contribution in [1.29, 1.82) is 0 Å². The molecule has 3 unspecified atom stereocenters. The van der Waals surface area contributed by atoms with Crippen LogP contribution in [0.2, 0.25) is 0 Å². The van der Waals surface area contributed by atoms with Crippen molar-refractivity contribution in [1.82, 2.24) is 9.55 Å². The van der Waals surface area contributed by atoms with Crippen molar-refractivity contribution >= 4 is 0 Å². The molecule has 1 aromatic rings. The van der Waals surface area contributed by atoms with Gasteiger partial charge < -0.3 is 14.4 Å². The van der Waals surface area contributed by atoms with Gasteiger partial charge in [-0.05, 0) is 32.1 Å². The average molecular weight is 294 g/mol. The van der Waals surface area contributed by atoms with Gasteiger partial charge >= 0.3 is 0 Å². The van der Waals surface area contributed by atoms with Crippen molar-refractivity contribution < 1.29 is 9.84 Å². The Bertz CT molecular complexity index is 428. The lowest BCUT2D eigenvalue weighted by molar-refractivity contribution is -0.147. The molecule has 21 heavy (non-hydrogen) atoms. The number of nitrogens with zero attached hydrogens (tertiary/aromatic N) is 2. The second-order valence-electron chi connectivity index (χ2n) is 6.46. The van der Waals surface area contributed by atoms with Crippen LogP contribution in [0.1, 0.15) is 58.7 Å². The third-order valence-corrected chi connectivity index (χ3v) is 4.67. The van der Waals surface area contributed by atoms with Crippen LogP contribution in [-0.2, 0) is 17.7 Å². The van der Waals surface area contributed by atoms with Gasteiger partial charge in [0.25, 0.3) is 0 Å². The lowest BCUT2D eigenvalue weighted by Gasteiger charge is -2.43. The summed E-state index contributed by atoms with van der Waals surface area (Å²) in [5, 5.41) is 10.9. The lowest BCUT2D eigenvalue weighted by atomic mass is 9.74. The first-order valence-electron chi connectivity index (χ1n) is 8.43. The summed E-state index contributed by atoms with van der Waals surface area (Å²) in [7, 11) is 0. The highest BCUT2D eigenvalue weighted by atomic mass is 16.5. The molecule has 4 heteroatoms. The molecule has 1 heterocycles. The van der Waals surface area contributed by atoms with E-state index in [1.807, 2.05) is 19.3 Å². The van der Waals surface area contributed by atoms with Crippen molar-refractivity contribution in [2.24, 2.45) is 5.92 Å². The van der Waals surface area contributed by atoms with Crippen LogP contribution in [-0.4, -0.2) is 33.0 Å². The number of aromatic nitrogens is 2. The molecule has 1 aliphatic rings. The summed E-state index contributed by atoms with van der Waals surface area (Å²) < 4.78 is 8.21. The van der Waals surface area contributed by atoms with Gasteiger partial charge in [-0.25, -0.2) is 4.98 Å². The monoisotopic (exact) mass is 294 g/mol. The molecular weight excluding hydrogens is 264 g/mol. The molecule has 120 valence electrons. The molecule has 1 aromatic heterocycles. The van der Waals surface area contributed by atoms with Crippen LogP contribution in [0, 0.1) is 5.92 Å². The Hall–Kier alpha value is -0.870. The largest absolute Gasteiger partial charge is 0.390 e. The molecule has 1 N–H and O–H groups in total. The van der Waals surface area contributed by atoms with E-state index in [0.29, 0.717) is 18.9 Å². The minimum atomic E-state index is -0.474. The molecule has 0 spiro atoms. The highest BCUT2D eigenvalue weighted by Gasteiger charge is 2.42. The maximum Gasteiger partial charge on any atom is 0.111 e. The summed E-state index contributed by atoms with van der Waals surface area (Å²) in [5.74, 6) is 1.59. The number of aliphatic hydroxyl groups is 1. The molecule has 2 rings (SSSR count). The standard InChI is InChI=1S/C17H30N2O2/c1-4-10-19-11-9-18-16(19)12-15(20)17(21-5-2)8-6-7-14(3)13-17/h9,11,14-15,20H,4-8,10,12-13H2,1-3H3. The van der Waals surface area contributed by atoms with Crippen molar-refractivity contribution in [3.8, 4) is 0 Å². The molecular formula is C17H30N2O2. The van der Waals surface area contributed by atoms with Gasteiger partial charge in [-0.1, -0.05) is 26.7 Å². The van der Waals surface area contributed by atoms with Crippen molar-refractivity contribution in [3.63, 3.8) is 0 Å². The maximum absolute atomic E-state index is 10.9. The Morgan fingerprint density at radius 3 is 3.00 bits per heavy atom. The third kappa shape index (κ3) is 3.86. The quantitative estimate of drug-likeness (QED) is 0.840. The Morgan fingerprint density at radius 1 is 1.52 bits per heavy atom. The van der Waals surface area contributed by atoms with Crippen LogP contribution < -0.4 is 0 Å². The lowest BCUT2D eigenvalue weighted by Crippen LogP contribution is -2.49. The summed E-state index contributed by atoms with van der Waals surface area (Å²) in [6.45, 7) is 8.06. The number of imidazole rings is 1. The van der Waals surface area contributed by atoms with Crippen LogP contribution in [0.15, 0.2) is 12.4 Å². The van der Waals surface area contributed by atoms with E-state index in [2.05, 4.69) is 23.4 Å². The molecule has 0 saturated heterocycles. The predicted octanol–water partition coefficient (Wildman–Crippen LogP) is 3.18. The number of hydrogen-bond donors (Lipinski definition) is 1. The fourth-order valence-corrected chi connectivity index (χ4v) is 3.69. The molecule has 1 aliphatic carbocycles. The van der Waals surface area contributed by atoms with E-state index in [0.717, 1.165) is 38.1 Å². The molecule has 0 radical (unpaired) electrons. The zero-order valence-electron chi connectivity index (χ0n) is 13.7. The average Bonchev–Trinajstić information content (AvgIpc) is 2.87. The van der Waals surface area contributed by atoms with Crippen LogP contribution in [0.4, 0.5) is 0 Å². The first kappa shape index (κ1) is 16.5. The maximum atomic E-state index is 10.9. The van der Waals surface area contributed by atoms with E-state index < -0.39 is 6.10 Å². The highest BCUT2D eigenvalue weighted by Crippen LogP contribution is 2.38. The highest BCUT2D eigenvalue weighted by molar-refractivity contribution is 5.01. The molecule has 0 amide bonds. The Kier molecular flexibility index (Phi) is 5.82.